The average molecular weight is 264 g/mol. The van der Waals surface area contributed by atoms with Crippen molar-refractivity contribution in [1.29, 1.82) is 0 Å². The third-order valence-corrected chi connectivity index (χ3v) is 3.63. The first-order valence-electron chi connectivity index (χ1n) is 7.57. The Labute approximate surface area is 116 Å². The third kappa shape index (κ3) is 3.31. The fourth-order valence-corrected chi connectivity index (χ4v) is 2.82. The van der Waals surface area contributed by atoms with Crippen molar-refractivity contribution >= 4 is 0 Å². The van der Waals surface area contributed by atoms with E-state index in [4.69, 9.17) is 9.41 Å². The quantitative estimate of drug-likeness (QED) is 0.708. The fourth-order valence-electron chi connectivity index (χ4n) is 2.82. The van der Waals surface area contributed by atoms with Gasteiger partial charge in [-0.15, -0.1) is 0 Å². The van der Waals surface area contributed by atoms with Crippen LogP contribution in [0.2, 0.25) is 0 Å². The molecule has 0 amide bonds. The average Bonchev–Trinajstić information content (AvgIpc) is 2.43. The van der Waals surface area contributed by atoms with Crippen LogP contribution in [0.3, 0.4) is 0 Å². The lowest BCUT2D eigenvalue weighted by Crippen LogP contribution is -2.25. The van der Waals surface area contributed by atoms with E-state index in [-0.39, 0.29) is 5.54 Å². The Morgan fingerprint density at radius 3 is 2.58 bits per heavy atom. The van der Waals surface area contributed by atoms with Crippen molar-refractivity contribution in [3.63, 3.8) is 0 Å². The van der Waals surface area contributed by atoms with Crippen LogP contribution in [0.15, 0.2) is 9.41 Å². The highest BCUT2D eigenvalue weighted by molar-refractivity contribution is 5.13. The second-order valence-corrected chi connectivity index (χ2v) is 7.20. The summed E-state index contributed by atoms with van der Waals surface area (Å²) in [6.45, 7) is 13.1. The van der Waals surface area contributed by atoms with Crippen LogP contribution in [-0.4, -0.2) is 10.1 Å². The largest absolute Gasteiger partial charge is 0.428 e. The Bertz CT molecular complexity index is 500. The Kier molecular flexibility index (Phi) is 3.93. The van der Waals surface area contributed by atoms with E-state index in [1.807, 2.05) is 0 Å². The van der Waals surface area contributed by atoms with E-state index in [9.17, 15) is 0 Å². The zero-order valence-electron chi connectivity index (χ0n) is 13.3. The van der Waals surface area contributed by atoms with Gasteiger partial charge in [-0.05, 0) is 59.8 Å². The molecule has 1 unspecified atom stereocenters. The maximum atomic E-state index is 6.12. The van der Waals surface area contributed by atoms with E-state index >= 15 is 0 Å². The van der Waals surface area contributed by atoms with Crippen molar-refractivity contribution in [2.75, 3.05) is 0 Å². The molecule has 0 fully saturated rings. The maximum Gasteiger partial charge on any atom is 0.297 e. The molecule has 0 radical (unpaired) electrons. The Morgan fingerprint density at radius 1 is 1.32 bits per heavy atom. The number of fused-ring (bicyclic) bond motifs is 1. The summed E-state index contributed by atoms with van der Waals surface area (Å²) in [5, 5.41) is 0. The third-order valence-electron chi connectivity index (χ3n) is 3.63. The molecule has 0 saturated heterocycles. The summed E-state index contributed by atoms with van der Waals surface area (Å²) in [6, 6.07) is 0.405. The predicted octanol–water partition coefficient (Wildman–Crippen LogP) is 3.88. The normalized spacial score (nSPS) is 21.6. The molecule has 0 spiro atoms. The monoisotopic (exact) mass is 264 g/mol. The molecule has 1 aromatic heterocycles. The van der Waals surface area contributed by atoms with E-state index in [1.54, 1.807) is 0 Å². The molecule has 0 aliphatic heterocycles. The van der Waals surface area contributed by atoms with Crippen LogP contribution in [0.1, 0.15) is 71.9 Å². The molecule has 1 heterocycles. The number of hydrogen-bond acceptors (Lipinski definition) is 2. The minimum atomic E-state index is -0.0984. The molecule has 0 N–H and O–H groups in total. The minimum absolute atomic E-state index is 0.0984. The number of hydrogen-bond donors (Lipinski definition) is 0. The molecule has 1 aliphatic carbocycles. The summed E-state index contributed by atoms with van der Waals surface area (Å²) in [5.41, 5.74) is 2.09. The number of nitrogens with zero attached hydrogens (tertiary/aromatic N) is 2. The van der Waals surface area contributed by atoms with Gasteiger partial charge in [0, 0.05) is 12.5 Å². The minimum Gasteiger partial charge on any atom is -0.428 e. The molecular formula is C16H28N2O. The zero-order valence-corrected chi connectivity index (χ0v) is 13.3. The van der Waals surface area contributed by atoms with Gasteiger partial charge in [0.15, 0.2) is 0 Å². The van der Waals surface area contributed by atoms with Gasteiger partial charge in [0.25, 0.3) is 5.68 Å². The van der Waals surface area contributed by atoms with Gasteiger partial charge in [0.1, 0.15) is 5.76 Å². The highest BCUT2D eigenvalue weighted by atomic mass is 16.4. The molecule has 1 aromatic rings. The van der Waals surface area contributed by atoms with Gasteiger partial charge in [-0.25, -0.2) is 4.99 Å². The lowest BCUT2D eigenvalue weighted by Gasteiger charge is -2.14. The molecule has 3 heteroatoms. The summed E-state index contributed by atoms with van der Waals surface area (Å²) >= 11 is 0. The topological polar surface area (TPSA) is 30.4 Å². The molecule has 0 saturated carbocycles. The molecule has 0 aromatic carbocycles. The van der Waals surface area contributed by atoms with Crippen LogP contribution < -0.4 is 5.68 Å². The smallest absolute Gasteiger partial charge is 0.297 e. The summed E-state index contributed by atoms with van der Waals surface area (Å²) in [5.74, 6) is 1.89. The van der Waals surface area contributed by atoms with Gasteiger partial charge in [-0.3, -0.25) is 4.57 Å². The van der Waals surface area contributed by atoms with Gasteiger partial charge in [-0.1, -0.05) is 6.92 Å². The Balaban J connectivity index is 2.58. The fraction of sp³-hybridized carbons (Fsp3) is 0.812. The van der Waals surface area contributed by atoms with Crippen LogP contribution >= 0.6 is 0 Å². The van der Waals surface area contributed by atoms with Gasteiger partial charge in [-0.2, -0.15) is 0 Å². The lowest BCUT2D eigenvalue weighted by atomic mass is 10.0. The van der Waals surface area contributed by atoms with Gasteiger partial charge in [0.05, 0.1) is 11.2 Å². The maximum absolute atomic E-state index is 6.12. The molecule has 1 atom stereocenters. The van der Waals surface area contributed by atoms with Crippen LogP contribution in [-0.2, 0) is 12.8 Å². The molecule has 2 rings (SSSR count). The standard InChI is InChI=1S/C16H28N2O/c1-11(2)18-13-9-7-8-12(3)10-14(13)19-15(18)17-16(4,5)6/h11-12H,7-10H2,1-6H3. The Morgan fingerprint density at radius 2 is 2.00 bits per heavy atom. The molecule has 1 aliphatic rings. The molecule has 0 bridgehead atoms. The van der Waals surface area contributed by atoms with Crippen molar-refractivity contribution < 1.29 is 4.42 Å². The Hall–Kier alpha value is -0.990. The summed E-state index contributed by atoms with van der Waals surface area (Å²) in [7, 11) is 0. The second kappa shape index (κ2) is 5.18. The molecule has 3 nitrogen and oxygen atoms in total. The van der Waals surface area contributed by atoms with E-state index in [0.717, 1.165) is 24.4 Å². The van der Waals surface area contributed by atoms with Crippen LogP contribution in [0, 0.1) is 5.92 Å². The van der Waals surface area contributed by atoms with Crippen LogP contribution in [0.25, 0.3) is 0 Å². The van der Waals surface area contributed by atoms with Crippen molar-refractivity contribution in [2.45, 2.75) is 78.8 Å². The molecule has 108 valence electrons. The van der Waals surface area contributed by atoms with E-state index in [2.05, 4.69) is 46.1 Å². The van der Waals surface area contributed by atoms with Crippen molar-refractivity contribution in [1.82, 2.24) is 4.57 Å². The molecule has 19 heavy (non-hydrogen) atoms. The van der Waals surface area contributed by atoms with Gasteiger partial charge >= 0.3 is 0 Å². The second-order valence-electron chi connectivity index (χ2n) is 7.20. The van der Waals surface area contributed by atoms with Crippen molar-refractivity contribution in [3.05, 3.63) is 17.1 Å². The van der Waals surface area contributed by atoms with Gasteiger partial charge in [0.2, 0.25) is 0 Å². The lowest BCUT2D eigenvalue weighted by molar-refractivity contribution is 0.369. The van der Waals surface area contributed by atoms with Crippen LogP contribution in [0.5, 0.6) is 0 Å². The summed E-state index contributed by atoms with van der Waals surface area (Å²) in [6.07, 6.45) is 4.74. The highest BCUT2D eigenvalue weighted by Crippen LogP contribution is 2.25. The molecular weight excluding hydrogens is 236 g/mol. The summed E-state index contributed by atoms with van der Waals surface area (Å²) < 4.78 is 8.43. The SMILES string of the molecule is CC1CCCc2c(oc(=NC(C)(C)C)n2C(C)C)C1. The predicted molar refractivity (Wildman–Crippen MR) is 78.2 cm³/mol. The van der Waals surface area contributed by atoms with Crippen LogP contribution in [0.4, 0.5) is 0 Å². The first kappa shape index (κ1) is 14.4. The van der Waals surface area contributed by atoms with Crippen molar-refractivity contribution in [2.24, 2.45) is 10.9 Å². The highest BCUT2D eigenvalue weighted by Gasteiger charge is 2.23. The van der Waals surface area contributed by atoms with Gasteiger partial charge < -0.3 is 4.42 Å². The first-order chi connectivity index (χ1) is 8.78. The number of rotatable bonds is 1. The van der Waals surface area contributed by atoms with E-state index in [0.29, 0.717) is 6.04 Å². The van der Waals surface area contributed by atoms with E-state index in [1.165, 1.54) is 24.3 Å². The summed E-state index contributed by atoms with van der Waals surface area (Å²) in [4.78, 5) is 4.77. The first-order valence-corrected chi connectivity index (χ1v) is 7.57. The number of oxazole rings is 1. The van der Waals surface area contributed by atoms with Crippen molar-refractivity contribution in [3.8, 4) is 0 Å². The van der Waals surface area contributed by atoms with E-state index < -0.39 is 0 Å². The zero-order chi connectivity index (χ0) is 14.2. The number of aromatic nitrogens is 1.